The second-order valence-electron chi connectivity index (χ2n) is 6.06. The van der Waals surface area contributed by atoms with Crippen LogP contribution in [0.5, 0.6) is 0 Å². The Balaban J connectivity index is 2.08. The lowest BCUT2D eigenvalue weighted by Gasteiger charge is -2.29. The first-order chi connectivity index (χ1) is 12.1. The van der Waals surface area contributed by atoms with Gasteiger partial charge in [0.05, 0.1) is 10.8 Å². The Morgan fingerprint density at radius 1 is 0.840 bits per heavy atom. The molecule has 0 bridgehead atoms. The van der Waals surface area contributed by atoms with E-state index in [4.69, 9.17) is 0 Å². The molecule has 1 aliphatic heterocycles. The number of hydrogen-bond acceptors (Lipinski definition) is 4. The van der Waals surface area contributed by atoms with Gasteiger partial charge in [0.25, 0.3) is 0 Å². The summed E-state index contributed by atoms with van der Waals surface area (Å²) < 4.78 is 26.0. The van der Waals surface area contributed by atoms with E-state index in [9.17, 15) is 18.0 Å². The third-order valence-corrected chi connectivity index (χ3v) is 6.76. The van der Waals surface area contributed by atoms with Crippen LogP contribution in [0.25, 0.3) is 10.8 Å². The maximum Gasteiger partial charge on any atom is 0.189 e. The number of rotatable bonds is 2. The van der Waals surface area contributed by atoms with Crippen molar-refractivity contribution in [2.75, 3.05) is 0 Å². The maximum atomic E-state index is 13.3. The second kappa shape index (κ2) is 5.63. The van der Waals surface area contributed by atoms with E-state index in [1.54, 1.807) is 48.5 Å². The molecule has 2 unspecified atom stereocenters. The van der Waals surface area contributed by atoms with Crippen LogP contribution in [0.15, 0.2) is 71.6 Å². The quantitative estimate of drug-likeness (QED) is 0.666. The number of ketones is 1. The zero-order chi connectivity index (χ0) is 17.6. The highest BCUT2D eigenvalue weighted by atomic mass is 32.2. The van der Waals surface area contributed by atoms with Gasteiger partial charge in [-0.3, -0.25) is 4.79 Å². The molecule has 4 nitrogen and oxygen atoms in total. The summed E-state index contributed by atoms with van der Waals surface area (Å²) in [6.07, 6.45) is 0.378. The van der Waals surface area contributed by atoms with E-state index in [0.717, 1.165) is 5.39 Å². The summed E-state index contributed by atoms with van der Waals surface area (Å²) in [6.45, 7) is 0. The van der Waals surface area contributed by atoms with E-state index in [0.29, 0.717) is 17.2 Å². The molecule has 0 saturated carbocycles. The van der Waals surface area contributed by atoms with Gasteiger partial charge in [0.1, 0.15) is 11.5 Å². The van der Waals surface area contributed by atoms with Crippen molar-refractivity contribution in [1.82, 2.24) is 0 Å². The highest BCUT2D eigenvalue weighted by Gasteiger charge is 2.47. The Labute approximate surface area is 145 Å². The number of hydrogen-bond donors (Lipinski definition) is 0. The van der Waals surface area contributed by atoms with E-state index in [1.807, 2.05) is 12.1 Å². The molecule has 0 aromatic heterocycles. The molecule has 124 valence electrons. The lowest BCUT2D eigenvalue weighted by atomic mass is 9.85. The van der Waals surface area contributed by atoms with Gasteiger partial charge in [0.15, 0.2) is 15.6 Å². The highest BCUT2D eigenvalue weighted by Crippen LogP contribution is 2.41. The van der Waals surface area contributed by atoms with Gasteiger partial charge >= 0.3 is 0 Å². The monoisotopic (exact) mass is 350 g/mol. The number of aldehydes is 1. The topological polar surface area (TPSA) is 68.3 Å². The predicted octanol–water partition coefficient (Wildman–Crippen LogP) is 3.16. The summed E-state index contributed by atoms with van der Waals surface area (Å²) in [5.41, 5.74) is 0.719. The molecule has 0 saturated heterocycles. The Morgan fingerprint density at radius 3 is 2.24 bits per heavy atom. The van der Waals surface area contributed by atoms with Gasteiger partial charge in [-0.1, -0.05) is 60.7 Å². The zero-order valence-corrected chi connectivity index (χ0v) is 13.9. The van der Waals surface area contributed by atoms with Crippen LogP contribution in [0.3, 0.4) is 0 Å². The van der Waals surface area contributed by atoms with Gasteiger partial charge in [0.2, 0.25) is 0 Å². The Hall–Kier alpha value is -2.79. The minimum atomic E-state index is -3.94. The molecular formula is C20H14O4S. The summed E-state index contributed by atoms with van der Waals surface area (Å²) in [7, 11) is -3.94. The Kier molecular flexibility index (Phi) is 3.54. The van der Waals surface area contributed by atoms with E-state index < -0.39 is 21.0 Å². The summed E-state index contributed by atoms with van der Waals surface area (Å²) in [5, 5.41) is -0.0175. The first-order valence-electron chi connectivity index (χ1n) is 7.86. The number of Topliss-reactive ketones (excluding diaryl/α,β-unsaturated/α-hetero) is 1. The van der Waals surface area contributed by atoms with Crippen LogP contribution >= 0.6 is 0 Å². The highest BCUT2D eigenvalue weighted by molar-refractivity contribution is 7.93. The fourth-order valence-electron chi connectivity index (χ4n) is 3.53. The third-order valence-electron chi connectivity index (χ3n) is 4.71. The number of carbonyl (C=O) groups excluding carboxylic acids is 2. The van der Waals surface area contributed by atoms with E-state index >= 15 is 0 Å². The van der Waals surface area contributed by atoms with Crippen LogP contribution in [0.4, 0.5) is 0 Å². The van der Waals surface area contributed by atoms with Gasteiger partial charge in [-0.05, 0) is 22.4 Å². The molecule has 5 heteroatoms. The average Bonchev–Trinajstić information content (AvgIpc) is 2.64. The Bertz CT molecular complexity index is 1100. The fourth-order valence-corrected chi connectivity index (χ4v) is 5.36. The molecule has 2 atom stereocenters. The molecular weight excluding hydrogens is 336 g/mol. The predicted molar refractivity (Wildman–Crippen MR) is 94.5 cm³/mol. The van der Waals surface area contributed by atoms with Crippen LogP contribution in [0.2, 0.25) is 0 Å². The van der Waals surface area contributed by atoms with Gasteiger partial charge in [-0.25, -0.2) is 8.42 Å². The van der Waals surface area contributed by atoms with Crippen molar-refractivity contribution in [3.05, 3.63) is 77.9 Å². The second-order valence-corrected chi connectivity index (χ2v) is 8.13. The fraction of sp³-hybridized carbons (Fsp3) is 0.100. The molecule has 3 aromatic carbocycles. The van der Waals surface area contributed by atoms with Crippen LogP contribution < -0.4 is 0 Å². The summed E-state index contributed by atoms with van der Waals surface area (Å²) in [6, 6.07) is 18.9. The normalized spacial score (nSPS) is 21.7. The molecule has 4 rings (SSSR count). The van der Waals surface area contributed by atoms with E-state index in [-0.39, 0.29) is 16.2 Å². The van der Waals surface area contributed by atoms with Crippen LogP contribution in [0, 0.1) is 0 Å². The smallest absolute Gasteiger partial charge is 0.189 e. The molecule has 0 fully saturated rings. The molecule has 0 spiro atoms. The van der Waals surface area contributed by atoms with Crippen molar-refractivity contribution in [2.45, 2.75) is 16.1 Å². The van der Waals surface area contributed by atoms with Gasteiger partial charge in [-0.2, -0.15) is 0 Å². The van der Waals surface area contributed by atoms with Crippen molar-refractivity contribution in [3.63, 3.8) is 0 Å². The third kappa shape index (κ3) is 2.23. The Morgan fingerprint density at radius 2 is 1.52 bits per heavy atom. The summed E-state index contributed by atoms with van der Waals surface area (Å²) in [4.78, 5) is 24.9. The standard InChI is InChI=1S/C20H14O4S/c21-12-17-18(14-7-2-1-3-8-14)20(22)19-15-9-5-4-6-13(15)10-11-16(19)25(17,23)24/h1-12,17-18H. The molecule has 1 heterocycles. The van der Waals surface area contributed by atoms with Crippen molar-refractivity contribution in [3.8, 4) is 0 Å². The van der Waals surface area contributed by atoms with Crippen molar-refractivity contribution >= 4 is 32.7 Å². The molecule has 0 amide bonds. The molecule has 3 aromatic rings. The molecule has 0 N–H and O–H groups in total. The average molecular weight is 350 g/mol. The summed E-state index contributed by atoms with van der Waals surface area (Å²) in [5.74, 6) is -1.35. The minimum Gasteiger partial charge on any atom is -0.302 e. The molecule has 25 heavy (non-hydrogen) atoms. The largest absolute Gasteiger partial charge is 0.302 e. The minimum absolute atomic E-state index is 0.0551. The first kappa shape index (κ1) is 15.7. The van der Waals surface area contributed by atoms with Crippen molar-refractivity contribution in [2.24, 2.45) is 0 Å². The van der Waals surface area contributed by atoms with Gasteiger partial charge < -0.3 is 4.79 Å². The lowest BCUT2D eigenvalue weighted by Crippen LogP contribution is -2.40. The van der Waals surface area contributed by atoms with Gasteiger partial charge in [0, 0.05) is 5.56 Å². The number of carbonyl (C=O) groups is 2. The number of benzene rings is 3. The lowest BCUT2D eigenvalue weighted by molar-refractivity contribution is -0.107. The SMILES string of the molecule is O=CC1C(c2ccccc2)C(=O)c2c(ccc3ccccc23)S1(=O)=O. The van der Waals surface area contributed by atoms with Crippen LogP contribution in [-0.2, 0) is 14.6 Å². The molecule has 1 aliphatic rings. The maximum absolute atomic E-state index is 13.3. The van der Waals surface area contributed by atoms with Crippen LogP contribution in [0.1, 0.15) is 21.8 Å². The van der Waals surface area contributed by atoms with Gasteiger partial charge in [-0.15, -0.1) is 0 Å². The van der Waals surface area contributed by atoms with E-state index in [1.165, 1.54) is 6.07 Å². The molecule has 0 aliphatic carbocycles. The number of fused-ring (bicyclic) bond motifs is 3. The van der Waals surface area contributed by atoms with Crippen molar-refractivity contribution < 1.29 is 18.0 Å². The zero-order valence-electron chi connectivity index (χ0n) is 13.1. The summed E-state index contributed by atoms with van der Waals surface area (Å²) >= 11 is 0. The van der Waals surface area contributed by atoms with Crippen LogP contribution in [-0.4, -0.2) is 25.7 Å². The van der Waals surface area contributed by atoms with Crippen molar-refractivity contribution in [1.29, 1.82) is 0 Å². The molecule has 0 radical (unpaired) electrons. The number of sulfone groups is 1. The van der Waals surface area contributed by atoms with E-state index in [2.05, 4.69) is 0 Å². The first-order valence-corrected chi connectivity index (χ1v) is 9.40.